The molecule has 2 aromatic rings. The van der Waals surface area contributed by atoms with Gasteiger partial charge in [-0.1, -0.05) is 42.0 Å². The van der Waals surface area contributed by atoms with Gasteiger partial charge in [0.25, 0.3) is 0 Å². The number of aryl methyl sites for hydroxylation is 3. The second-order valence-corrected chi connectivity index (χ2v) is 5.43. The molecule has 0 heterocycles. The normalized spacial score (nSPS) is 13.3. The first kappa shape index (κ1) is 12.2. The van der Waals surface area contributed by atoms with E-state index in [9.17, 15) is 4.79 Å². The lowest BCUT2D eigenvalue weighted by Gasteiger charge is -2.05. The third-order valence-electron chi connectivity index (χ3n) is 3.87. The standard InChI is InChI=1S/C18H18O/c1-13-4-2-5-14(10-13)11-18(19)17-9-8-15-6-3-7-16(15)12-17/h2,4-5,8-10,12H,3,6-7,11H2,1H3. The summed E-state index contributed by atoms with van der Waals surface area (Å²) in [5.41, 5.74) is 5.97. The Morgan fingerprint density at radius 2 is 1.89 bits per heavy atom. The molecule has 0 saturated heterocycles. The molecule has 0 fully saturated rings. The molecule has 96 valence electrons. The van der Waals surface area contributed by atoms with E-state index < -0.39 is 0 Å². The lowest BCUT2D eigenvalue weighted by molar-refractivity contribution is 0.0993. The van der Waals surface area contributed by atoms with Gasteiger partial charge in [-0.15, -0.1) is 0 Å². The van der Waals surface area contributed by atoms with Gasteiger partial charge in [-0.3, -0.25) is 4.79 Å². The second-order valence-electron chi connectivity index (χ2n) is 5.43. The average Bonchev–Trinajstić information content (AvgIpc) is 2.85. The number of hydrogen-bond donors (Lipinski definition) is 0. The molecule has 0 aromatic heterocycles. The van der Waals surface area contributed by atoms with Gasteiger partial charge in [-0.2, -0.15) is 0 Å². The topological polar surface area (TPSA) is 17.1 Å². The minimum Gasteiger partial charge on any atom is -0.294 e. The minimum absolute atomic E-state index is 0.223. The van der Waals surface area contributed by atoms with Crippen molar-refractivity contribution < 1.29 is 4.79 Å². The Hall–Kier alpha value is -1.89. The van der Waals surface area contributed by atoms with Crippen LogP contribution < -0.4 is 0 Å². The number of carbonyl (C=O) groups excluding carboxylic acids is 1. The molecule has 1 nitrogen and oxygen atoms in total. The summed E-state index contributed by atoms with van der Waals surface area (Å²) in [5, 5.41) is 0. The van der Waals surface area contributed by atoms with Crippen molar-refractivity contribution in [3.05, 3.63) is 70.3 Å². The molecule has 0 bridgehead atoms. The SMILES string of the molecule is Cc1cccc(CC(=O)c2ccc3c(c2)CCC3)c1. The van der Waals surface area contributed by atoms with Gasteiger partial charge < -0.3 is 0 Å². The highest BCUT2D eigenvalue weighted by Crippen LogP contribution is 2.23. The molecule has 1 heteroatoms. The van der Waals surface area contributed by atoms with Gasteiger partial charge in [0.05, 0.1) is 0 Å². The minimum atomic E-state index is 0.223. The maximum atomic E-state index is 12.3. The predicted octanol–water partition coefficient (Wildman–Crippen LogP) is 3.91. The highest BCUT2D eigenvalue weighted by atomic mass is 16.1. The molecule has 3 rings (SSSR count). The summed E-state index contributed by atoms with van der Waals surface area (Å²) in [7, 11) is 0. The Morgan fingerprint density at radius 1 is 1.05 bits per heavy atom. The number of carbonyl (C=O) groups is 1. The number of benzene rings is 2. The summed E-state index contributed by atoms with van der Waals surface area (Å²) in [6, 6.07) is 14.4. The van der Waals surface area contributed by atoms with Crippen LogP contribution in [-0.2, 0) is 19.3 Å². The molecule has 0 saturated carbocycles. The summed E-state index contributed by atoms with van der Waals surface area (Å²) in [5.74, 6) is 0.223. The smallest absolute Gasteiger partial charge is 0.167 e. The van der Waals surface area contributed by atoms with Crippen LogP contribution in [0.2, 0.25) is 0 Å². The van der Waals surface area contributed by atoms with E-state index in [4.69, 9.17) is 0 Å². The zero-order valence-electron chi connectivity index (χ0n) is 11.3. The number of fused-ring (bicyclic) bond motifs is 1. The van der Waals surface area contributed by atoms with Crippen molar-refractivity contribution in [1.82, 2.24) is 0 Å². The Morgan fingerprint density at radius 3 is 2.74 bits per heavy atom. The maximum Gasteiger partial charge on any atom is 0.167 e. The van der Waals surface area contributed by atoms with Crippen molar-refractivity contribution in [3.63, 3.8) is 0 Å². The van der Waals surface area contributed by atoms with E-state index in [1.807, 2.05) is 18.2 Å². The largest absolute Gasteiger partial charge is 0.294 e. The second kappa shape index (κ2) is 5.00. The van der Waals surface area contributed by atoms with Crippen LogP contribution in [0.4, 0.5) is 0 Å². The number of Topliss-reactive ketones (excluding diaryl/α,β-unsaturated/α-hetero) is 1. The van der Waals surface area contributed by atoms with Crippen LogP contribution in [0.1, 0.15) is 39.0 Å². The van der Waals surface area contributed by atoms with Crippen molar-refractivity contribution >= 4 is 5.78 Å². The van der Waals surface area contributed by atoms with Crippen molar-refractivity contribution in [2.24, 2.45) is 0 Å². The fourth-order valence-corrected chi connectivity index (χ4v) is 2.85. The van der Waals surface area contributed by atoms with E-state index >= 15 is 0 Å². The van der Waals surface area contributed by atoms with E-state index in [1.165, 1.54) is 29.5 Å². The molecule has 0 amide bonds. The van der Waals surface area contributed by atoms with Crippen molar-refractivity contribution in [3.8, 4) is 0 Å². The van der Waals surface area contributed by atoms with E-state index in [-0.39, 0.29) is 5.78 Å². The van der Waals surface area contributed by atoms with Crippen LogP contribution in [0.3, 0.4) is 0 Å². The molecule has 19 heavy (non-hydrogen) atoms. The van der Waals surface area contributed by atoms with Crippen LogP contribution in [-0.4, -0.2) is 5.78 Å². The monoisotopic (exact) mass is 250 g/mol. The molecule has 0 radical (unpaired) electrons. The molecule has 2 aromatic carbocycles. The van der Waals surface area contributed by atoms with Crippen LogP contribution in [0, 0.1) is 6.92 Å². The van der Waals surface area contributed by atoms with Gasteiger partial charge in [0.1, 0.15) is 0 Å². The number of ketones is 1. The highest BCUT2D eigenvalue weighted by Gasteiger charge is 2.14. The Kier molecular flexibility index (Phi) is 3.20. The van der Waals surface area contributed by atoms with Crippen molar-refractivity contribution in [2.45, 2.75) is 32.6 Å². The number of hydrogen-bond acceptors (Lipinski definition) is 1. The van der Waals surface area contributed by atoms with Gasteiger partial charge >= 0.3 is 0 Å². The first-order valence-corrected chi connectivity index (χ1v) is 6.93. The molecular weight excluding hydrogens is 232 g/mol. The van der Waals surface area contributed by atoms with Crippen molar-refractivity contribution in [1.29, 1.82) is 0 Å². The number of rotatable bonds is 3. The fourth-order valence-electron chi connectivity index (χ4n) is 2.85. The first-order valence-electron chi connectivity index (χ1n) is 6.93. The maximum absolute atomic E-state index is 12.3. The van der Waals surface area contributed by atoms with Crippen molar-refractivity contribution in [2.75, 3.05) is 0 Å². The van der Waals surface area contributed by atoms with Crippen LogP contribution in [0.25, 0.3) is 0 Å². The predicted molar refractivity (Wildman–Crippen MR) is 77.7 cm³/mol. The molecule has 0 unspecified atom stereocenters. The Labute approximate surface area is 114 Å². The molecule has 0 aliphatic heterocycles. The summed E-state index contributed by atoms with van der Waals surface area (Å²) >= 11 is 0. The van der Waals surface area contributed by atoms with E-state index in [2.05, 4.69) is 31.2 Å². The Balaban J connectivity index is 1.81. The lowest BCUT2D eigenvalue weighted by atomic mass is 9.99. The third kappa shape index (κ3) is 2.60. The van der Waals surface area contributed by atoms with Crippen LogP contribution in [0.15, 0.2) is 42.5 Å². The van der Waals surface area contributed by atoms with Crippen LogP contribution >= 0.6 is 0 Å². The molecule has 0 spiro atoms. The average molecular weight is 250 g/mol. The summed E-state index contributed by atoms with van der Waals surface area (Å²) in [4.78, 5) is 12.3. The zero-order chi connectivity index (χ0) is 13.2. The third-order valence-corrected chi connectivity index (χ3v) is 3.87. The summed E-state index contributed by atoms with van der Waals surface area (Å²) in [6.07, 6.45) is 4.02. The van der Waals surface area contributed by atoms with E-state index in [1.54, 1.807) is 0 Å². The van der Waals surface area contributed by atoms with Gasteiger partial charge in [0.15, 0.2) is 5.78 Å². The molecule has 0 atom stereocenters. The Bertz CT molecular complexity index is 625. The first-order chi connectivity index (χ1) is 9.22. The van der Waals surface area contributed by atoms with Gasteiger partial charge in [0, 0.05) is 12.0 Å². The summed E-state index contributed by atoms with van der Waals surface area (Å²) in [6.45, 7) is 2.06. The molecule has 1 aliphatic rings. The van der Waals surface area contributed by atoms with Crippen LogP contribution in [0.5, 0.6) is 0 Å². The van der Waals surface area contributed by atoms with Gasteiger partial charge in [0.2, 0.25) is 0 Å². The van der Waals surface area contributed by atoms with E-state index in [0.717, 1.165) is 17.5 Å². The molecular formula is C18H18O. The molecule has 0 N–H and O–H groups in total. The van der Waals surface area contributed by atoms with E-state index in [0.29, 0.717) is 6.42 Å². The lowest BCUT2D eigenvalue weighted by Crippen LogP contribution is -2.04. The highest BCUT2D eigenvalue weighted by molar-refractivity contribution is 5.97. The fraction of sp³-hybridized carbons (Fsp3) is 0.278. The van der Waals surface area contributed by atoms with Gasteiger partial charge in [-0.05, 0) is 48.9 Å². The summed E-state index contributed by atoms with van der Waals surface area (Å²) < 4.78 is 0. The zero-order valence-corrected chi connectivity index (χ0v) is 11.3. The quantitative estimate of drug-likeness (QED) is 0.755. The van der Waals surface area contributed by atoms with Gasteiger partial charge in [-0.25, -0.2) is 0 Å². The molecule has 1 aliphatic carbocycles.